The highest BCUT2D eigenvalue weighted by Crippen LogP contribution is 2.25. The zero-order valence-electron chi connectivity index (χ0n) is 11.0. The Bertz CT molecular complexity index is 494. The van der Waals surface area contributed by atoms with E-state index in [2.05, 4.69) is 0 Å². The molecule has 1 rings (SSSR count). The van der Waals surface area contributed by atoms with Crippen molar-refractivity contribution >= 4 is 23.4 Å². The monoisotopic (exact) mass is 268 g/mol. The molecule has 0 bridgehead atoms. The van der Waals surface area contributed by atoms with E-state index in [0.29, 0.717) is 10.6 Å². The molecule has 98 valence electrons. The highest BCUT2D eigenvalue weighted by atomic mass is 35.5. The lowest BCUT2D eigenvalue weighted by molar-refractivity contribution is -0.142. The third kappa shape index (κ3) is 2.91. The van der Waals surface area contributed by atoms with Crippen LogP contribution in [0.2, 0.25) is 5.02 Å². The van der Waals surface area contributed by atoms with Crippen molar-refractivity contribution < 1.29 is 14.7 Å². The number of hydrogen-bond acceptors (Lipinski definition) is 2. The summed E-state index contributed by atoms with van der Waals surface area (Å²) in [5.41, 5.74) is 2.15. The van der Waals surface area contributed by atoms with Gasteiger partial charge in [0.05, 0.1) is 5.92 Å². The number of carboxylic acids is 1. The number of halogens is 1. The van der Waals surface area contributed by atoms with Crippen molar-refractivity contribution in [2.24, 2.45) is 11.8 Å². The second-order valence-electron chi connectivity index (χ2n) is 4.70. The lowest BCUT2D eigenvalue weighted by Gasteiger charge is -2.16. The molecule has 0 saturated carbocycles. The fourth-order valence-corrected chi connectivity index (χ4v) is 1.95. The van der Waals surface area contributed by atoms with Gasteiger partial charge in [0.1, 0.15) is 0 Å². The highest BCUT2D eigenvalue weighted by molar-refractivity contribution is 6.31. The van der Waals surface area contributed by atoms with Crippen molar-refractivity contribution in [3.63, 3.8) is 0 Å². The highest BCUT2D eigenvalue weighted by Gasteiger charge is 2.27. The van der Waals surface area contributed by atoms with Crippen molar-refractivity contribution in [3.8, 4) is 0 Å². The van der Waals surface area contributed by atoms with Gasteiger partial charge in [-0.25, -0.2) is 0 Å². The topological polar surface area (TPSA) is 54.4 Å². The van der Waals surface area contributed by atoms with Crippen molar-refractivity contribution in [1.82, 2.24) is 0 Å². The molecule has 1 N–H and O–H groups in total. The minimum Gasteiger partial charge on any atom is -0.481 e. The van der Waals surface area contributed by atoms with Crippen LogP contribution in [0.25, 0.3) is 0 Å². The van der Waals surface area contributed by atoms with E-state index in [1.54, 1.807) is 32.9 Å². The van der Waals surface area contributed by atoms with Gasteiger partial charge >= 0.3 is 5.97 Å². The molecule has 0 aliphatic heterocycles. The molecule has 1 aromatic rings. The zero-order valence-corrected chi connectivity index (χ0v) is 11.7. The summed E-state index contributed by atoms with van der Waals surface area (Å²) in [5.74, 6) is -2.36. The van der Waals surface area contributed by atoms with Crippen LogP contribution in [-0.4, -0.2) is 16.9 Å². The molecule has 0 heterocycles. The number of carbonyl (C=O) groups is 2. The molecule has 0 spiro atoms. The molecule has 0 saturated heterocycles. The fraction of sp³-hybridized carbons (Fsp3) is 0.429. The van der Waals surface area contributed by atoms with Crippen LogP contribution in [0.1, 0.15) is 35.3 Å². The van der Waals surface area contributed by atoms with Crippen LogP contribution in [0.5, 0.6) is 0 Å². The first-order valence-corrected chi connectivity index (χ1v) is 6.17. The van der Waals surface area contributed by atoms with Crippen LogP contribution in [0, 0.1) is 25.7 Å². The Hall–Kier alpha value is -1.35. The number of ketones is 1. The molecule has 0 fully saturated rings. The first kappa shape index (κ1) is 14.7. The van der Waals surface area contributed by atoms with Crippen LogP contribution in [0.4, 0.5) is 0 Å². The normalized spacial score (nSPS) is 14.1. The van der Waals surface area contributed by atoms with Crippen molar-refractivity contribution in [2.45, 2.75) is 27.7 Å². The second-order valence-corrected chi connectivity index (χ2v) is 5.10. The van der Waals surface area contributed by atoms with Gasteiger partial charge < -0.3 is 5.11 Å². The third-order valence-corrected chi connectivity index (χ3v) is 3.73. The third-order valence-electron chi connectivity index (χ3n) is 3.32. The molecule has 3 nitrogen and oxygen atoms in total. The largest absolute Gasteiger partial charge is 0.481 e. The van der Waals surface area contributed by atoms with E-state index in [9.17, 15) is 9.59 Å². The van der Waals surface area contributed by atoms with Gasteiger partial charge in [-0.1, -0.05) is 25.4 Å². The summed E-state index contributed by atoms with van der Waals surface area (Å²) in [7, 11) is 0. The number of rotatable bonds is 4. The van der Waals surface area contributed by atoms with Crippen molar-refractivity contribution in [2.75, 3.05) is 0 Å². The van der Waals surface area contributed by atoms with Gasteiger partial charge in [0, 0.05) is 16.5 Å². The van der Waals surface area contributed by atoms with E-state index in [1.807, 2.05) is 6.92 Å². The number of aryl methyl sites for hydroxylation is 2. The number of carbonyl (C=O) groups excluding carboxylic acids is 1. The lowest BCUT2D eigenvalue weighted by Crippen LogP contribution is -2.26. The summed E-state index contributed by atoms with van der Waals surface area (Å²) in [6, 6.07) is 3.47. The quantitative estimate of drug-likeness (QED) is 0.851. The van der Waals surface area contributed by atoms with E-state index in [-0.39, 0.29) is 5.78 Å². The lowest BCUT2D eigenvalue weighted by atomic mass is 9.86. The van der Waals surface area contributed by atoms with Crippen LogP contribution in [-0.2, 0) is 4.79 Å². The smallest absolute Gasteiger partial charge is 0.306 e. The summed E-state index contributed by atoms with van der Waals surface area (Å²) in [6.45, 7) is 6.81. The van der Waals surface area contributed by atoms with Gasteiger partial charge in [0.25, 0.3) is 0 Å². The van der Waals surface area contributed by atoms with Gasteiger partial charge in [-0.05, 0) is 37.1 Å². The maximum absolute atomic E-state index is 12.3. The van der Waals surface area contributed by atoms with Crippen molar-refractivity contribution in [3.05, 3.63) is 33.8 Å². The second kappa shape index (κ2) is 5.53. The molecule has 18 heavy (non-hydrogen) atoms. The summed E-state index contributed by atoms with van der Waals surface area (Å²) in [5, 5.41) is 9.56. The molecule has 0 radical (unpaired) electrons. The summed E-state index contributed by atoms with van der Waals surface area (Å²) in [6.07, 6.45) is 0. The molecular formula is C14H17ClO3. The van der Waals surface area contributed by atoms with Gasteiger partial charge in [-0.2, -0.15) is 0 Å². The van der Waals surface area contributed by atoms with Gasteiger partial charge in [0.15, 0.2) is 5.78 Å². The number of benzene rings is 1. The molecule has 0 aliphatic rings. The Morgan fingerprint density at radius 3 is 2.17 bits per heavy atom. The number of hydrogen-bond donors (Lipinski definition) is 1. The average molecular weight is 269 g/mol. The van der Waals surface area contributed by atoms with Crippen LogP contribution < -0.4 is 0 Å². The van der Waals surface area contributed by atoms with Crippen LogP contribution in [0.15, 0.2) is 12.1 Å². The predicted molar refractivity (Wildman–Crippen MR) is 71.2 cm³/mol. The summed E-state index contributed by atoms with van der Waals surface area (Å²) in [4.78, 5) is 23.2. The van der Waals surface area contributed by atoms with Gasteiger partial charge in [0.2, 0.25) is 0 Å². The Balaban J connectivity index is 3.11. The van der Waals surface area contributed by atoms with Gasteiger partial charge in [-0.15, -0.1) is 0 Å². The fourth-order valence-electron chi connectivity index (χ4n) is 1.73. The van der Waals surface area contributed by atoms with Gasteiger partial charge in [-0.3, -0.25) is 9.59 Å². The van der Waals surface area contributed by atoms with E-state index < -0.39 is 17.8 Å². The Labute approximate surface area is 112 Å². The zero-order chi connectivity index (χ0) is 14.0. The molecule has 0 aromatic heterocycles. The van der Waals surface area contributed by atoms with E-state index in [4.69, 9.17) is 16.7 Å². The average Bonchev–Trinajstić information content (AvgIpc) is 2.30. The Morgan fingerprint density at radius 2 is 1.67 bits per heavy atom. The van der Waals surface area contributed by atoms with E-state index >= 15 is 0 Å². The maximum atomic E-state index is 12.3. The molecule has 2 unspecified atom stereocenters. The standard InChI is InChI=1S/C14H17ClO3/c1-7-6-12(15)8(2)5-11(7)13(16)9(3)10(4)14(17)18/h5-6,9-10H,1-4H3,(H,17,18). The summed E-state index contributed by atoms with van der Waals surface area (Å²) < 4.78 is 0. The van der Waals surface area contributed by atoms with Crippen molar-refractivity contribution in [1.29, 1.82) is 0 Å². The van der Waals surface area contributed by atoms with E-state index in [0.717, 1.165) is 11.1 Å². The Morgan fingerprint density at radius 1 is 1.11 bits per heavy atom. The molecule has 2 atom stereocenters. The SMILES string of the molecule is Cc1cc(C(=O)C(C)C(C)C(=O)O)c(C)cc1Cl. The molecule has 1 aromatic carbocycles. The number of carboxylic acid groups (broad SMARTS) is 1. The first-order chi connectivity index (χ1) is 8.25. The Kier molecular flexibility index (Phi) is 4.52. The molecule has 0 amide bonds. The van der Waals surface area contributed by atoms with E-state index in [1.165, 1.54) is 0 Å². The maximum Gasteiger partial charge on any atom is 0.306 e. The number of Topliss-reactive ketones (excluding diaryl/α,β-unsaturated/α-hetero) is 1. The van der Waals surface area contributed by atoms with Crippen LogP contribution >= 0.6 is 11.6 Å². The number of aliphatic carboxylic acids is 1. The molecular weight excluding hydrogens is 252 g/mol. The molecule has 0 aliphatic carbocycles. The van der Waals surface area contributed by atoms with Crippen LogP contribution in [0.3, 0.4) is 0 Å². The minimum absolute atomic E-state index is 0.151. The summed E-state index contributed by atoms with van der Waals surface area (Å²) >= 11 is 5.98. The molecule has 4 heteroatoms. The predicted octanol–water partition coefficient (Wildman–Crippen LogP) is 3.50. The first-order valence-electron chi connectivity index (χ1n) is 5.79. The minimum atomic E-state index is -0.959.